The van der Waals surface area contributed by atoms with Gasteiger partial charge >= 0.3 is 0 Å². The first-order valence-corrected chi connectivity index (χ1v) is 9.14. The van der Waals surface area contributed by atoms with Crippen LogP contribution in [0.15, 0.2) is 54.9 Å². The summed E-state index contributed by atoms with van der Waals surface area (Å²) in [5.41, 5.74) is 3.03. The number of methoxy groups -OCH3 is 2. The van der Waals surface area contributed by atoms with E-state index in [9.17, 15) is 0 Å². The molecule has 1 aliphatic rings. The number of nitrogens with one attached hydrogen (secondary N) is 1. The van der Waals surface area contributed by atoms with Gasteiger partial charge in [-0.1, -0.05) is 24.3 Å². The fourth-order valence-electron chi connectivity index (χ4n) is 3.10. The summed E-state index contributed by atoms with van der Waals surface area (Å²) in [6.45, 7) is 0. The molecule has 3 aromatic rings. The molecule has 2 heterocycles. The molecular weight excluding hydrogens is 443 g/mol. The number of rotatable bonds is 4. The molecule has 0 unspecified atom stereocenters. The molecule has 4 rings (SSSR count). The van der Waals surface area contributed by atoms with Gasteiger partial charge in [-0.05, 0) is 52.4 Å². The molecule has 0 amide bonds. The lowest BCUT2D eigenvalue weighted by Gasteiger charge is -2.26. The smallest absolute Gasteiger partial charge is 0.226 e. The average molecular weight is 460 g/mol. The summed E-state index contributed by atoms with van der Waals surface area (Å²) in [5.74, 6) is 2.08. The average Bonchev–Trinajstić information content (AvgIpc) is 3.15. The third-order valence-corrected chi connectivity index (χ3v) is 5.03. The van der Waals surface area contributed by atoms with Crippen LogP contribution < -0.4 is 14.8 Å². The normalized spacial score (nSPS) is 15.7. The number of benzene rings is 2. The van der Waals surface area contributed by atoms with E-state index in [1.165, 1.54) is 3.57 Å². The molecule has 132 valence electrons. The van der Waals surface area contributed by atoms with Crippen molar-refractivity contribution < 1.29 is 9.47 Å². The molecule has 6 nitrogen and oxygen atoms in total. The molecule has 1 N–H and O–H groups in total. The van der Waals surface area contributed by atoms with E-state index in [1.807, 2.05) is 22.9 Å². The standard InChI is InChI=1S/C19H17IN4O2/c1-25-17-5-3-4-14(18(17)26-2)16-10-15(12-6-8-13(20)9-7-12)23-19-21-11-22-24(16)19/h3-11,16H,1-2H3,(H,21,22,23)/t16-/m0/s1. The molecule has 1 aliphatic heterocycles. The summed E-state index contributed by atoms with van der Waals surface area (Å²) in [5, 5.41) is 7.74. The van der Waals surface area contributed by atoms with E-state index >= 15 is 0 Å². The van der Waals surface area contributed by atoms with Crippen molar-refractivity contribution >= 4 is 34.2 Å². The molecule has 1 aromatic heterocycles. The number of halogens is 1. The highest BCUT2D eigenvalue weighted by Gasteiger charge is 2.27. The lowest BCUT2D eigenvalue weighted by atomic mass is 10.0. The van der Waals surface area contributed by atoms with Crippen LogP contribution in [0.25, 0.3) is 5.70 Å². The first-order chi connectivity index (χ1) is 12.7. The van der Waals surface area contributed by atoms with Gasteiger partial charge in [0.1, 0.15) is 12.4 Å². The summed E-state index contributed by atoms with van der Waals surface area (Å²) in [6.07, 6.45) is 3.67. The third kappa shape index (κ3) is 2.92. The van der Waals surface area contributed by atoms with Crippen LogP contribution in [0.5, 0.6) is 11.5 Å². The van der Waals surface area contributed by atoms with Crippen LogP contribution in [0.4, 0.5) is 5.95 Å². The molecule has 0 saturated carbocycles. The van der Waals surface area contributed by atoms with Crippen molar-refractivity contribution in [3.05, 3.63) is 69.6 Å². The largest absolute Gasteiger partial charge is 0.493 e. The molecule has 7 heteroatoms. The van der Waals surface area contributed by atoms with Crippen molar-refractivity contribution in [2.75, 3.05) is 19.5 Å². The highest BCUT2D eigenvalue weighted by molar-refractivity contribution is 14.1. The maximum absolute atomic E-state index is 5.63. The molecule has 26 heavy (non-hydrogen) atoms. The van der Waals surface area contributed by atoms with Gasteiger partial charge in [0.15, 0.2) is 11.5 Å². The Labute approximate surface area is 165 Å². The van der Waals surface area contributed by atoms with Gasteiger partial charge in [0.25, 0.3) is 0 Å². The van der Waals surface area contributed by atoms with Crippen molar-refractivity contribution in [1.29, 1.82) is 0 Å². The van der Waals surface area contributed by atoms with E-state index in [4.69, 9.17) is 9.47 Å². The number of allylic oxidation sites excluding steroid dienone is 1. The second-order valence-corrected chi connectivity index (χ2v) is 7.01. The number of hydrogen-bond donors (Lipinski definition) is 1. The fourth-order valence-corrected chi connectivity index (χ4v) is 3.46. The van der Waals surface area contributed by atoms with Crippen molar-refractivity contribution in [2.45, 2.75) is 6.04 Å². The molecule has 1 atom stereocenters. The molecular formula is C19H17IN4O2. The van der Waals surface area contributed by atoms with Gasteiger partial charge in [-0.3, -0.25) is 0 Å². The molecule has 0 saturated heterocycles. The van der Waals surface area contributed by atoms with E-state index in [1.54, 1.807) is 20.5 Å². The van der Waals surface area contributed by atoms with E-state index in [0.717, 1.165) is 16.8 Å². The van der Waals surface area contributed by atoms with E-state index in [0.29, 0.717) is 17.4 Å². The zero-order chi connectivity index (χ0) is 18.1. The predicted molar refractivity (Wildman–Crippen MR) is 108 cm³/mol. The minimum atomic E-state index is -0.159. The van der Waals surface area contributed by atoms with Crippen LogP contribution in [0.2, 0.25) is 0 Å². The maximum Gasteiger partial charge on any atom is 0.226 e. The van der Waals surface area contributed by atoms with E-state index in [2.05, 4.69) is 68.3 Å². The Bertz CT molecular complexity index is 966. The third-order valence-electron chi connectivity index (χ3n) is 4.31. The Morgan fingerprint density at radius 2 is 1.88 bits per heavy atom. The Kier molecular flexibility index (Phi) is 4.54. The number of para-hydroxylation sites is 1. The zero-order valence-corrected chi connectivity index (χ0v) is 16.5. The van der Waals surface area contributed by atoms with Crippen molar-refractivity contribution in [3.63, 3.8) is 0 Å². The maximum atomic E-state index is 5.63. The summed E-state index contributed by atoms with van der Waals surface area (Å²) in [7, 11) is 3.28. The summed E-state index contributed by atoms with van der Waals surface area (Å²) in [4.78, 5) is 4.35. The van der Waals surface area contributed by atoms with E-state index in [-0.39, 0.29) is 6.04 Å². The highest BCUT2D eigenvalue weighted by Crippen LogP contribution is 2.40. The number of ether oxygens (including phenoxy) is 2. The summed E-state index contributed by atoms with van der Waals surface area (Å²) >= 11 is 2.30. The van der Waals surface area contributed by atoms with Gasteiger partial charge in [0, 0.05) is 14.8 Å². The Balaban J connectivity index is 1.85. The summed E-state index contributed by atoms with van der Waals surface area (Å²) in [6, 6.07) is 14.0. The topological polar surface area (TPSA) is 61.2 Å². The number of nitrogens with zero attached hydrogens (tertiary/aromatic N) is 3. The van der Waals surface area contributed by atoms with Crippen LogP contribution in [0.1, 0.15) is 17.2 Å². The van der Waals surface area contributed by atoms with Gasteiger partial charge in [0.2, 0.25) is 5.95 Å². The Morgan fingerprint density at radius 1 is 1.08 bits per heavy atom. The van der Waals surface area contributed by atoms with Gasteiger partial charge in [-0.25, -0.2) is 4.68 Å². The van der Waals surface area contributed by atoms with Crippen LogP contribution in [0, 0.1) is 3.57 Å². The SMILES string of the molecule is COc1cccc([C@@H]2C=C(c3ccc(I)cc3)Nc3ncnn32)c1OC. The quantitative estimate of drug-likeness (QED) is 0.598. The van der Waals surface area contributed by atoms with Gasteiger partial charge in [0.05, 0.1) is 14.2 Å². The first kappa shape index (κ1) is 16.9. The lowest BCUT2D eigenvalue weighted by molar-refractivity contribution is 0.349. The predicted octanol–water partition coefficient (Wildman–Crippen LogP) is 3.96. The second-order valence-electron chi connectivity index (χ2n) is 5.77. The van der Waals surface area contributed by atoms with E-state index < -0.39 is 0 Å². The van der Waals surface area contributed by atoms with Crippen molar-refractivity contribution in [2.24, 2.45) is 0 Å². The minimum Gasteiger partial charge on any atom is -0.493 e. The summed E-state index contributed by atoms with van der Waals surface area (Å²) < 4.78 is 14.1. The molecule has 0 spiro atoms. The molecule has 2 aromatic carbocycles. The number of hydrogen-bond acceptors (Lipinski definition) is 5. The molecule has 0 fully saturated rings. The van der Waals surface area contributed by atoms with Crippen LogP contribution >= 0.6 is 22.6 Å². The monoisotopic (exact) mass is 460 g/mol. The lowest BCUT2D eigenvalue weighted by Crippen LogP contribution is -2.20. The number of aromatic nitrogens is 3. The Hall–Kier alpha value is -2.55. The van der Waals surface area contributed by atoms with Crippen LogP contribution in [-0.2, 0) is 0 Å². The van der Waals surface area contributed by atoms with Gasteiger partial charge < -0.3 is 14.8 Å². The number of fused-ring (bicyclic) bond motifs is 1. The zero-order valence-electron chi connectivity index (χ0n) is 14.3. The Morgan fingerprint density at radius 3 is 2.62 bits per heavy atom. The van der Waals surface area contributed by atoms with Gasteiger partial charge in [-0.2, -0.15) is 10.1 Å². The fraction of sp³-hybridized carbons (Fsp3) is 0.158. The van der Waals surface area contributed by atoms with Gasteiger partial charge in [-0.15, -0.1) is 0 Å². The van der Waals surface area contributed by atoms with Crippen LogP contribution in [-0.4, -0.2) is 29.0 Å². The van der Waals surface area contributed by atoms with Crippen LogP contribution in [0.3, 0.4) is 0 Å². The van der Waals surface area contributed by atoms with Crippen molar-refractivity contribution in [3.8, 4) is 11.5 Å². The molecule has 0 bridgehead atoms. The minimum absolute atomic E-state index is 0.159. The highest BCUT2D eigenvalue weighted by atomic mass is 127. The number of anilines is 1. The van der Waals surface area contributed by atoms with Crippen molar-refractivity contribution in [1.82, 2.24) is 14.8 Å². The molecule has 0 radical (unpaired) electrons. The molecule has 0 aliphatic carbocycles. The second kappa shape index (κ2) is 6.99. The first-order valence-electron chi connectivity index (χ1n) is 8.06.